The molecule has 0 bridgehead atoms. The number of nitrogens with one attached hydrogen (secondary N) is 2. The van der Waals surface area contributed by atoms with E-state index in [1.807, 2.05) is 0 Å². The molecule has 38 heavy (non-hydrogen) atoms. The zero-order valence-corrected chi connectivity index (χ0v) is 19.9. The molecule has 5 rings (SSSR count). The second kappa shape index (κ2) is 9.61. The Labute approximate surface area is 212 Å². The number of halogens is 1. The molecule has 3 aromatic heterocycles. The van der Waals surface area contributed by atoms with Crippen molar-refractivity contribution in [2.75, 3.05) is 0 Å². The number of nitrogens with two attached hydrogens (primary N) is 1. The molecule has 0 saturated carbocycles. The highest BCUT2D eigenvalue weighted by Crippen LogP contribution is 2.15. The van der Waals surface area contributed by atoms with Crippen molar-refractivity contribution in [2.45, 2.75) is 13.1 Å². The molecule has 4 N–H and O–H groups in total. The quantitative estimate of drug-likeness (QED) is 0.292. The summed E-state index contributed by atoms with van der Waals surface area (Å²) >= 11 is 0. The van der Waals surface area contributed by atoms with Gasteiger partial charge in [-0.1, -0.05) is 12.1 Å². The summed E-state index contributed by atoms with van der Waals surface area (Å²) in [6.07, 6.45) is 1.43. The third kappa shape index (κ3) is 4.59. The maximum atomic E-state index is 13.5. The number of rotatable bonds is 7. The van der Waals surface area contributed by atoms with E-state index < -0.39 is 29.3 Å². The second-order valence-electron chi connectivity index (χ2n) is 8.39. The van der Waals surface area contributed by atoms with Crippen LogP contribution >= 0.6 is 0 Å². The monoisotopic (exact) mass is 517 g/mol. The first-order chi connectivity index (χ1) is 18.2. The summed E-state index contributed by atoms with van der Waals surface area (Å²) in [6, 6.07) is 11.4. The van der Waals surface area contributed by atoms with Gasteiger partial charge in [0.1, 0.15) is 17.2 Å². The van der Waals surface area contributed by atoms with Gasteiger partial charge in [0.15, 0.2) is 11.2 Å². The molecule has 2 aromatic carbocycles. The van der Waals surface area contributed by atoms with E-state index in [1.165, 1.54) is 33.5 Å². The van der Waals surface area contributed by atoms with E-state index in [0.29, 0.717) is 16.7 Å². The minimum atomic E-state index is -0.833. The van der Waals surface area contributed by atoms with Gasteiger partial charge in [0, 0.05) is 37.8 Å². The Balaban J connectivity index is 1.35. The van der Waals surface area contributed by atoms with Crippen molar-refractivity contribution in [1.82, 2.24) is 29.8 Å². The van der Waals surface area contributed by atoms with Gasteiger partial charge in [-0.05, 0) is 35.4 Å². The van der Waals surface area contributed by atoms with E-state index in [2.05, 4.69) is 20.7 Å². The summed E-state index contributed by atoms with van der Waals surface area (Å²) in [7, 11) is 1.58. The maximum Gasteiger partial charge on any atom is 0.419 e. The Hall–Kier alpha value is -5.33. The molecule has 5 aromatic rings. The third-order valence-electron chi connectivity index (χ3n) is 5.91. The van der Waals surface area contributed by atoms with Gasteiger partial charge < -0.3 is 20.8 Å². The second-order valence-corrected chi connectivity index (χ2v) is 8.39. The minimum Gasteiger partial charge on any atom is -0.408 e. The fourth-order valence-corrected chi connectivity index (χ4v) is 3.94. The topological polar surface area (TPSA) is 167 Å². The number of carbonyl (C=O) groups is 3. The lowest BCUT2D eigenvalue weighted by atomic mass is 10.1. The fourth-order valence-electron chi connectivity index (χ4n) is 3.94. The number of hydrogen-bond donors (Lipinski definition) is 3. The summed E-state index contributed by atoms with van der Waals surface area (Å²) in [5.41, 5.74) is 7.56. The van der Waals surface area contributed by atoms with Gasteiger partial charge in [-0.2, -0.15) is 5.10 Å². The Morgan fingerprint density at radius 3 is 2.61 bits per heavy atom. The molecule has 0 fully saturated rings. The molecular formula is C25H20FN7O5. The van der Waals surface area contributed by atoms with Crippen molar-refractivity contribution < 1.29 is 23.2 Å². The van der Waals surface area contributed by atoms with Gasteiger partial charge >= 0.3 is 5.76 Å². The first-order valence-electron chi connectivity index (χ1n) is 11.3. The van der Waals surface area contributed by atoms with E-state index in [4.69, 9.17) is 10.2 Å². The molecule has 0 aliphatic heterocycles. The van der Waals surface area contributed by atoms with Gasteiger partial charge in [-0.25, -0.2) is 18.7 Å². The summed E-state index contributed by atoms with van der Waals surface area (Å²) in [5.74, 6) is -3.11. The number of benzene rings is 2. The number of primary amides is 1. The van der Waals surface area contributed by atoms with Crippen LogP contribution in [0.25, 0.3) is 16.7 Å². The lowest BCUT2D eigenvalue weighted by molar-refractivity contribution is 0.0937. The number of carbonyl (C=O) groups excluding carboxylic acids is 3. The maximum absolute atomic E-state index is 13.5. The molecule has 192 valence electrons. The number of amides is 3. The molecule has 0 atom stereocenters. The van der Waals surface area contributed by atoms with Crippen molar-refractivity contribution in [3.05, 3.63) is 99.2 Å². The zero-order valence-electron chi connectivity index (χ0n) is 19.9. The third-order valence-corrected chi connectivity index (χ3v) is 5.91. The molecule has 0 aliphatic rings. The van der Waals surface area contributed by atoms with Crippen LogP contribution in [0.4, 0.5) is 4.39 Å². The van der Waals surface area contributed by atoms with Crippen molar-refractivity contribution in [3.8, 4) is 0 Å². The summed E-state index contributed by atoms with van der Waals surface area (Å²) in [4.78, 5) is 53.6. The van der Waals surface area contributed by atoms with Crippen LogP contribution in [-0.4, -0.2) is 36.9 Å². The van der Waals surface area contributed by atoms with Crippen LogP contribution in [0.3, 0.4) is 0 Å². The average Bonchev–Trinajstić information content (AvgIpc) is 3.49. The van der Waals surface area contributed by atoms with E-state index in [-0.39, 0.29) is 35.7 Å². The van der Waals surface area contributed by atoms with Crippen LogP contribution in [0.15, 0.2) is 63.9 Å². The first-order valence-corrected chi connectivity index (χ1v) is 11.3. The highest BCUT2D eigenvalue weighted by molar-refractivity contribution is 5.98. The van der Waals surface area contributed by atoms with Crippen molar-refractivity contribution in [1.29, 1.82) is 0 Å². The van der Waals surface area contributed by atoms with Gasteiger partial charge in [-0.3, -0.25) is 19.0 Å². The normalized spacial score (nSPS) is 11.1. The number of aryl methyl sites for hydroxylation is 1. The lowest BCUT2D eigenvalue weighted by Crippen LogP contribution is -2.29. The predicted octanol–water partition coefficient (Wildman–Crippen LogP) is 1.27. The molecule has 0 spiro atoms. The molecular weight excluding hydrogens is 497 g/mol. The summed E-state index contributed by atoms with van der Waals surface area (Å²) < 4.78 is 21.3. The molecule has 0 saturated heterocycles. The molecule has 0 radical (unpaired) electrons. The van der Waals surface area contributed by atoms with Gasteiger partial charge in [0.05, 0.1) is 11.7 Å². The lowest BCUT2D eigenvalue weighted by Gasteiger charge is -2.11. The van der Waals surface area contributed by atoms with E-state index in [1.54, 1.807) is 25.2 Å². The Bertz CT molecular complexity index is 1800. The van der Waals surface area contributed by atoms with Crippen molar-refractivity contribution in [2.24, 2.45) is 12.8 Å². The zero-order chi connectivity index (χ0) is 27.0. The molecule has 12 nitrogen and oxygen atoms in total. The predicted molar refractivity (Wildman–Crippen MR) is 132 cm³/mol. The van der Waals surface area contributed by atoms with Crippen LogP contribution in [0.2, 0.25) is 0 Å². The van der Waals surface area contributed by atoms with Crippen LogP contribution in [-0.2, 0) is 20.1 Å². The summed E-state index contributed by atoms with van der Waals surface area (Å²) in [5, 5.41) is 9.47. The Morgan fingerprint density at radius 2 is 1.82 bits per heavy atom. The highest BCUT2D eigenvalue weighted by Gasteiger charge is 2.19. The minimum absolute atomic E-state index is 0.0164. The first kappa shape index (κ1) is 24.4. The molecule has 0 aliphatic carbocycles. The standard InChI is InChI=1S/C25H20FN7O5/c1-32-18-8-13(2-5-20(18)38-25(32)37)11-28-23(35)17-10-19(33-21(31-17)6-7-30-33)24(36)29-12-14-3-4-15(26)9-16(14)22(27)34/h2-10H,11-12H2,1H3,(H2,27,34)(H,28,35)(H,29,36). The SMILES string of the molecule is Cn1c(=O)oc2ccc(CNC(=O)c3cc(C(=O)NCc4ccc(F)cc4C(N)=O)n4nccc4n3)cc21. The number of fused-ring (bicyclic) bond motifs is 2. The van der Waals surface area contributed by atoms with Crippen molar-refractivity contribution >= 4 is 34.5 Å². The highest BCUT2D eigenvalue weighted by atomic mass is 19.1. The molecule has 0 unspecified atom stereocenters. The van der Waals surface area contributed by atoms with E-state index in [9.17, 15) is 23.6 Å². The largest absolute Gasteiger partial charge is 0.419 e. The number of oxazole rings is 1. The number of hydrogen-bond acceptors (Lipinski definition) is 7. The Morgan fingerprint density at radius 1 is 1.03 bits per heavy atom. The number of nitrogens with zero attached hydrogens (tertiary/aromatic N) is 4. The van der Waals surface area contributed by atoms with E-state index in [0.717, 1.165) is 17.7 Å². The van der Waals surface area contributed by atoms with Gasteiger partial charge in [-0.15, -0.1) is 0 Å². The van der Waals surface area contributed by atoms with Gasteiger partial charge in [0.2, 0.25) is 5.91 Å². The average molecular weight is 517 g/mol. The fraction of sp³-hybridized carbons (Fsp3) is 0.120. The van der Waals surface area contributed by atoms with Crippen LogP contribution in [0.5, 0.6) is 0 Å². The smallest absolute Gasteiger partial charge is 0.408 e. The molecule has 13 heteroatoms. The number of aromatic nitrogens is 4. The molecule has 3 amide bonds. The van der Waals surface area contributed by atoms with E-state index >= 15 is 0 Å². The van der Waals surface area contributed by atoms with Crippen LogP contribution in [0, 0.1) is 5.82 Å². The van der Waals surface area contributed by atoms with Crippen LogP contribution < -0.4 is 22.1 Å². The molecule has 3 heterocycles. The Kier molecular flexibility index (Phi) is 6.16. The van der Waals surface area contributed by atoms with Crippen molar-refractivity contribution in [3.63, 3.8) is 0 Å². The summed E-state index contributed by atoms with van der Waals surface area (Å²) in [6.45, 7) is 0.00521. The van der Waals surface area contributed by atoms with Crippen LogP contribution in [0.1, 0.15) is 42.5 Å². The van der Waals surface area contributed by atoms with Gasteiger partial charge in [0.25, 0.3) is 11.8 Å².